The molecule has 0 saturated heterocycles. The zero-order valence-electron chi connectivity index (χ0n) is 9.96. The molecule has 0 spiro atoms. The monoisotopic (exact) mass is 217 g/mol. The Labute approximate surface area is 94.8 Å². The third kappa shape index (κ3) is 1.71. The molecule has 0 bridgehead atoms. The highest BCUT2D eigenvalue weighted by atomic mass is 16.2. The molecule has 1 aliphatic heterocycles. The molecule has 16 heavy (non-hydrogen) atoms. The molecule has 1 aromatic rings. The van der Waals surface area contributed by atoms with E-state index in [9.17, 15) is 4.79 Å². The Balaban J connectivity index is 2.44. The first-order chi connectivity index (χ1) is 7.40. The number of amidine groups is 1. The zero-order chi connectivity index (χ0) is 11.9. The second-order valence-corrected chi connectivity index (χ2v) is 4.65. The molecule has 0 unspecified atom stereocenters. The Kier molecular flexibility index (Phi) is 2.30. The predicted molar refractivity (Wildman–Crippen MR) is 62.5 cm³/mol. The number of nitrogens with one attached hydrogen (secondary N) is 1. The van der Waals surface area contributed by atoms with E-state index in [1.54, 1.807) is 20.0 Å². The van der Waals surface area contributed by atoms with E-state index in [2.05, 4.69) is 15.3 Å². The molecule has 84 valence electrons. The molecule has 0 saturated carbocycles. The first-order valence-corrected chi connectivity index (χ1v) is 5.25. The van der Waals surface area contributed by atoms with Crippen LogP contribution in [0.15, 0.2) is 17.3 Å². The molecule has 0 aromatic carbocycles. The highest BCUT2D eigenvalue weighted by Crippen LogP contribution is 2.18. The number of nitrogens with zero attached hydrogens (tertiary/aromatic N) is 2. The van der Waals surface area contributed by atoms with Crippen LogP contribution in [-0.2, 0) is 4.79 Å². The van der Waals surface area contributed by atoms with Gasteiger partial charge in [0.05, 0.1) is 0 Å². The van der Waals surface area contributed by atoms with Crippen LogP contribution in [0, 0.1) is 13.8 Å². The molecular weight excluding hydrogens is 202 g/mol. The van der Waals surface area contributed by atoms with E-state index in [4.69, 9.17) is 0 Å². The minimum absolute atomic E-state index is 0.0794. The average molecular weight is 217 g/mol. The van der Waals surface area contributed by atoms with Crippen LogP contribution in [0.1, 0.15) is 30.7 Å². The summed E-state index contributed by atoms with van der Waals surface area (Å²) in [5.41, 5.74) is 2.20. The van der Waals surface area contributed by atoms with Crippen molar-refractivity contribution in [3.8, 4) is 0 Å². The summed E-state index contributed by atoms with van der Waals surface area (Å²) < 4.78 is 0. The molecule has 1 amide bonds. The SMILES string of the molecule is Cc1cnc(C2=NC(C)(C)C(=O)N2)c(C)c1. The van der Waals surface area contributed by atoms with Crippen molar-refractivity contribution in [1.82, 2.24) is 10.3 Å². The Bertz CT molecular complexity index is 489. The topological polar surface area (TPSA) is 54.4 Å². The maximum absolute atomic E-state index is 11.6. The minimum atomic E-state index is -0.686. The van der Waals surface area contributed by atoms with Gasteiger partial charge in [-0.05, 0) is 38.8 Å². The molecule has 0 atom stereocenters. The largest absolute Gasteiger partial charge is 0.307 e. The lowest BCUT2D eigenvalue weighted by molar-refractivity contribution is -0.122. The van der Waals surface area contributed by atoms with Gasteiger partial charge in [0.25, 0.3) is 5.91 Å². The highest BCUT2D eigenvalue weighted by molar-refractivity contribution is 6.14. The van der Waals surface area contributed by atoms with Gasteiger partial charge >= 0.3 is 0 Å². The van der Waals surface area contributed by atoms with E-state index < -0.39 is 5.54 Å². The van der Waals surface area contributed by atoms with Crippen LogP contribution in [0.5, 0.6) is 0 Å². The third-order valence-electron chi connectivity index (χ3n) is 2.62. The van der Waals surface area contributed by atoms with Crippen LogP contribution in [0.4, 0.5) is 0 Å². The fourth-order valence-corrected chi connectivity index (χ4v) is 1.69. The van der Waals surface area contributed by atoms with Crippen molar-refractivity contribution in [1.29, 1.82) is 0 Å². The second kappa shape index (κ2) is 3.40. The number of aryl methyl sites for hydroxylation is 2. The van der Waals surface area contributed by atoms with Gasteiger partial charge in [0.1, 0.15) is 11.2 Å². The normalized spacial score (nSPS) is 18.2. The molecule has 0 radical (unpaired) electrons. The number of amides is 1. The molecule has 0 fully saturated rings. The van der Waals surface area contributed by atoms with Crippen LogP contribution in [0.3, 0.4) is 0 Å². The summed E-state index contributed by atoms with van der Waals surface area (Å²) in [6.45, 7) is 7.54. The maximum atomic E-state index is 11.6. The quantitative estimate of drug-likeness (QED) is 0.772. The number of carbonyl (C=O) groups excluding carboxylic acids is 1. The summed E-state index contributed by atoms with van der Waals surface area (Å²) in [5, 5.41) is 2.77. The van der Waals surface area contributed by atoms with Crippen molar-refractivity contribution < 1.29 is 4.79 Å². The molecule has 2 rings (SSSR count). The molecule has 1 aliphatic rings. The Morgan fingerprint density at radius 2 is 2.00 bits per heavy atom. The average Bonchev–Trinajstić information content (AvgIpc) is 2.40. The van der Waals surface area contributed by atoms with Gasteiger partial charge < -0.3 is 5.32 Å². The molecule has 4 heteroatoms. The van der Waals surface area contributed by atoms with Crippen molar-refractivity contribution >= 4 is 11.7 Å². The molecule has 4 nitrogen and oxygen atoms in total. The summed E-state index contributed by atoms with van der Waals surface area (Å²) in [4.78, 5) is 20.3. The predicted octanol–water partition coefficient (Wildman–Crippen LogP) is 1.35. The van der Waals surface area contributed by atoms with Crippen LogP contribution in [0.25, 0.3) is 0 Å². The van der Waals surface area contributed by atoms with Gasteiger partial charge in [0, 0.05) is 6.20 Å². The van der Waals surface area contributed by atoms with Gasteiger partial charge in [-0.25, -0.2) is 0 Å². The lowest BCUT2D eigenvalue weighted by Crippen LogP contribution is -2.35. The lowest BCUT2D eigenvalue weighted by atomic mass is 10.1. The van der Waals surface area contributed by atoms with E-state index in [0.717, 1.165) is 16.8 Å². The van der Waals surface area contributed by atoms with Gasteiger partial charge in [-0.3, -0.25) is 14.8 Å². The Hall–Kier alpha value is -1.71. The molecule has 2 heterocycles. The van der Waals surface area contributed by atoms with E-state index >= 15 is 0 Å². The molecule has 1 N–H and O–H groups in total. The first-order valence-electron chi connectivity index (χ1n) is 5.25. The van der Waals surface area contributed by atoms with Crippen molar-refractivity contribution in [2.45, 2.75) is 33.2 Å². The number of pyridine rings is 1. The van der Waals surface area contributed by atoms with E-state index in [-0.39, 0.29) is 5.91 Å². The third-order valence-corrected chi connectivity index (χ3v) is 2.62. The summed E-state index contributed by atoms with van der Waals surface area (Å²) in [7, 11) is 0. The van der Waals surface area contributed by atoms with Gasteiger partial charge in [-0.15, -0.1) is 0 Å². The smallest absolute Gasteiger partial charge is 0.252 e. The first kappa shape index (κ1) is 10.8. The summed E-state index contributed by atoms with van der Waals surface area (Å²) in [6.07, 6.45) is 1.78. The fraction of sp³-hybridized carbons (Fsp3) is 0.417. The second-order valence-electron chi connectivity index (χ2n) is 4.65. The fourth-order valence-electron chi connectivity index (χ4n) is 1.69. The summed E-state index contributed by atoms with van der Waals surface area (Å²) in [6, 6.07) is 2.03. The Morgan fingerprint density at radius 3 is 2.50 bits per heavy atom. The van der Waals surface area contributed by atoms with Crippen molar-refractivity contribution in [3.63, 3.8) is 0 Å². The summed E-state index contributed by atoms with van der Waals surface area (Å²) >= 11 is 0. The number of aromatic nitrogens is 1. The number of hydrogen-bond donors (Lipinski definition) is 1. The van der Waals surface area contributed by atoms with Crippen LogP contribution >= 0.6 is 0 Å². The van der Waals surface area contributed by atoms with Crippen LogP contribution in [-0.4, -0.2) is 22.3 Å². The maximum Gasteiger partial charge on any atom is 0.252 e. The van der Waals surface area contributed by atoms with Crippen molar-refractivity contribution in [3.05, 3.63) is 29.1 Å². The standard InChI is InChI=1S/C12H15N3O/c1-7-5-8(2)9(13-6-7)10-14-11(16)12(3,4)15-10/h5-6H,1-4H3,(H,14,15,16). The molecule has 1 aromatic heterocycles. The van der Waals surface area contributed by atoms with Crippen molar-refractivity contribution in [2.75, 3.05) is 0 Å². The van der Waals surface area contributed by atoms with Crippen molar-refractivity contribution in [2.24, 2.45) is 4.99 Å². The number of carbonyl (C=O) groups is 1. The van der Waals surface area contributed by atoms with Gasteiger partial charge in [0.2, 0.25) is 0 Å². The van der Waals surface area contributed by atoms with E-state index in [0.29, 0.717) is 5.84 Å². The highest BCUT2D eigenvalue weighted by Gasteiger charge is 2.35. The lowest BCUT2D eigenvalue weighted by Gasteiger charge is -2.07. The van der Waals surface area contributed by atoms with Crippen LogP contribution < -0.4 is 5.32 Å². The zero-order valence-corrected chi connectivity index (χ0v) is 9.96. The van der Waals surface area contributed by atoms with Gasteiger partial charge in [0.15, 0.2) is 5.84 Å². The van der Waals surface area contributed by atoms with E-state index in [1.165, 1.54) is 0 Å². The van der Waals surface area contributed by atoms with Gasteiger partial charge in [-0.2, -0.15) is 0 Å². The number of hydrogen-bond acceptors (Lipinski definition) is 3. The molecular formula is C12H15N3O. The number of aliphatic imine (C=N–C) groups is 1. The van der Waals surface area contributed by atoms with Gasteiger partial charge in [-0.1, -0.05) is 6.07 Å². The Morgan fingerprint density at radius 1 is 1.31 bits per heavy atom. The molecule has 0 aliphatic carbocycles. The minimum Gasteiger partial charge on any atom is -0.307 e. The number of rotatable bonds is 1. The summed E-state index contributed by atoms with van der Waals surface area (Å²) in [5.74, 6) is 0.497. The van der Waals surface area contributed by atoms with Crippen LogP contribution in [0.2, 0.25) is 0 Å². The van der Waals surface area contributed by atoms with E-state index in [1.807, 2.05) is 19.9 Å².